The maximum Gasteiger partial charge on any atom is 0.254 e. The zero-order valence-corrected chi connectivity index (χ0v) is 22.8. The van der Waals surface area contributed by atoms with E-state index in [0.29, 0.717) is 35.7 Å². The number of hydrogen-bond donors (Lipinski definition) is 0. The molecule has 0 N–H and O–H groups in total. The van der Waals surface area contributed by atoms with Crippen LogP contribution in [0.5, 0.6) is 11.5 Å². The molecule has 2 aromatic rings. The topological polar surface area (TPSA) is 42.0 Å². The highest BCUT2D eigenvalue weighted by Crippen LogP contribution is 2.29. The van der Waals surface area contributed by atoms with Crippen molar-refractivity contribution in [2.75, 3.05) is 40.4 Å². The normalized spacial score (nSPS) is 19.0. The second kappa shape index (κ2) is 13.2. The van der Waals surface area contributed by atoms with E-state index in [1.807, 2.05) is 11.8 Å². The molecule has 7 heteroatoms. The third-order valence-corrected chi connectivity index (χ3v) is 7.84. The molecule has 0 bridgehead atoms. The van der Waals surface area contributed by atoms with E-state index in [1.54, 1.807) is 38.5 Å². The standard InChI is InChI=1S/C31H40F2N2O3/c1-22(14-24-11-12-26(32)17-30(24)33)19-35(31(36)25-15-28(37-2)18-29(16-25)38-3)21-27-10-7-13-34(27)20-23-8-5-4-6-9-23/h11-12,14-18,23,27H,4-10,13,19-21H2,1-3H3/b22-14+/t27-/m1/s1. The summed E-state index contributed by atoms with van der Waals surface area (Å²) < 4.78 is 38.6. The van der Waals surface area contributed by atoms with Crippen molar-refractivity contribution in [3.63, 3.8) is 0 Å². The van der Waals surface area contributed by atoms with E-state index in [1.165, 1.54) is 44.2 Å². The average Bonchev–Trinajstić information content (AvgIpc) is 3.35. The van der Waals surface area contributed by atoms with Crippen molar-refractivity contribution < 1.29 is 23.0 Å². The van der Waals surface area contributed by atoms with Crippen LogP contribution < -0.4 is 9.47 Å². The number of hydrogen-bond acceptors (Lipinski definition) is 4. The summed E-state index contributed by atoms with van der Waals surface area (Å²) in [5, 5.41) is 0. The molecule has 0 unspecified atom stereocenters. The Morgan fingerprint density at radius 3 is 2.37 bits per heavy atom. The fourth-order valence-electron chi connectivity index (χ4n) is 5.86. The van der Waals surface area contributed by atoms with Gasteiger partial charge in [0.25, 0.3) is 5.91 Å². The van der Waals surface area contributed by atoms with Crippen molar-refractivity contribution in [2.24, 2.45) is 5.92 Å². The van der Waals surface area contributed by atoms with Crippen molar-refractivity contribution in [3.8, 4) is 11.5 Å². The Kier molecular flexibility index (Phi) is 9.78. The van der Waals surface area contributed by atoms with Crippen LogP contribution in [0.1, 0.15) is 67.8 Å². The van der Waals surface area contributed by atoms with Gasteiger partial charge in [-0.1, -0.05) is 30.9 Å². The molecule has 1 saturated carbocycles. The molecule has 4 rings (SSSR count). The second-order valence-corrected chi connectivity index (χ2v) is 10.7. The number of likely N-dealkylation sites (tertiary alicyclic amines) is 1. The van der Waals surface area contributed by atoms with Crippen LogP contribution in [0.2, 0.25) is 0 Å². The zero-order valence-electron chi connectivity index (χ0n) is 22.8. The van der Waals surface area contributed by atoms with Crippen LogP contribution in [0.15, 0.2) is 42.0 Å². The Labute approximate surface area is 225 Å². The minimum absolute atomic E-state index is 0.126. The summed E-state index contributed by atoms with van der Waals surface area (Å²) in [4.78, 5) is 18.3. The Hall–Kier alpha value is -2.93. The number of methoxy groups -OCH3 is 2. The summed E-state index contributed by atoms with van der Waals surface area (Å²) in [6, 6.07) is 9.03. The molecular weight excluding hydrogens is 486 g/mol. The number of halogens is 2. The minimum atomic E-state index is -0.616. The highest BCUT2D eigenvalue weighted by molar-refractivity contribution is 5.95. The summed E-state index contributed by atoms with van der Waals surface area (Å²) >= 11 is 0. The lowest BCUT2D eigenvalue weighted by atomic mass is 9.89. The Morgan fingerprint density at radius 1 is 1.00 bits per heavy atom. The van der Waals surface area contributed by atoms with Gasteiger partial charge in [0.2, 0.25) is 0 Å². The van der Waals surface area contributed by atoms with Gasteiger partial charge in [0.15, 0.2) is 0 Å². The fourth-order valence-corrected chi connectivity index (χ4v) is 5.86. The average molecular weight is 527 g/mol. The van der Waals surface area contributed by atoms with E-state index in [0.717, 1.165) is 43.5 Å². The molecule has 5 nitrogen and oxygen atoms in total. The third kappa shape index (κ3) is 7.34. The maximum atomic E-state index is 14.3. The first-order chi connectivity index (χ1) is 18.4. The van der Waals surface area contributed by atoms with E-state index in [2.05, 4.69) is 4.90 Å². The molecule has 2 fully saturated rings. The summed E-state index contributed by atoms with van der Waals surface area (Å²) in [6.07, 6.45) is 10.4. The molecule has 1 atom stereocenters. The van der Waals surface area contributed by atoms with Gasteiger partial charge in [-0.2, -0.15) is 0 Å². The van der Waals surface area contributed by atoms with Gasteiger partial charge in [0.05, 0.1) is 14.2 Å². The van der Waals surface area contributed by atoms with Crippen LogP contribution in [0.25, 0.3) is 6.08 Å². The second-order valence-electron chi connectivity index (χ2n) is 10.7. The maximum absolute atomic E-state index is 14.3. The highest BCUT2D eigenvalue weighted by atomic mass is 19.1. The molecule has 1 heterocycles. The van der Waals surface area contributed by atoms with Gasteiger partial charge >= 0.3 is 0 Å². The summed E-state index contributed by atoms with van der Waals surface area (Å²) in [7, 11) is 3.12. The van der Waals surface area contributed by atoms with E-state index in [9.17, 15) is 13.6 Å². The molecule has 1 aliphatic heterocycles. The van der Waals surface area contributed by atoms with Crippen LogP contribution in [-0.2, 0) is 0 Å². The Bertz CT molecular complexity index is 1110. The molecule has 206 valence electrons. The molecule has 38 heavy (non-hydrogen) atoms. The molecule has 1 saturated heterocycles. The SMILES string of the molecule is COc1cc(OC)cc(C(=O)N(C/C(C)=C/c2ccc(F)cc2F)C[C@H]2CCCN2CC2CCCCC2)c1. The third-order valence-electron chi connectivity index (χ3n) is 7.84. The number of amides is 1. The molecule has 1 aliphatic carbocycles. The number of rotatable bonds is 10. The van der Waals surface area contributed by atoms with Crippen LogP contribution in [-0.4, -0.2) is 62.1 Å². The van der Waals surface area contributed by atoms with Crippen molar-refractivity contribution in [1.82, 2.24) is 9.80 Å². The highest BCUT2D eigenvalue weighted by Gasteiger charge is 2.31. The summed E-state index contributed by atoms with van der Waals surface area (Å²) in [6.45, 7) is 4.95. The molecule has 0 spiro atoms. The van der Waals surface area contributed by atoms with E-state index < -0.39 is 11.6 Å². The lowest BCUT2D eigenvalue weighted by Crippen LogP contribution is -2.45. The van der Waals surface area contributed by atoms with Gasteiger partial charge in [0, 0.05) is 48.9 Å². The van der Waals surface area contributed by atoms with E-state index in [4.69, 9.17) is 9.47 Å². The zero-order chi connectivity index (χ0) is 27.1. The summed E-state index contributed by atoms with van der Waals surface area (Å²) in [5.41, 5.74) is 1.61. The number of benzene rings is 2. The first-order valence-electron chi connectivity index (χ1n) is 13.7. The number of carbonyl (C=O) groups is 1. The van der Waals surface area contributed by atoms with Crippen LogP contribution in [0.3, 0.4) is 0 Å². The monoisotopic (exact) mass is 526 g/mol. The van der Waals surface area contributed by atoms with Crippen LogP contribution in [0.4, 0.5) is 8.78 Å². The molecule has 0 aromatic heterocycles. The Morgan fingerprint density at radius 2 is 1.71 bits per heavy atom. The molecule has 1 amide bonds. The molecule has 2 aromatic carbocycles. The predicted molar refractivity (Wildman–Crippen MR) is 147 cm³/mol. The van der Waals surface area contributed by atoms with Crippen molar-refractivity contribution in [2.45, 2.75) is 57.9 Å². The predicted octanol–water partition coefficient (Wildman–Crippen LogP) is 6.57. The van der Waals surface area contributed by atoms with Crippen molar-refractivity contribution in [3.05, 3.63) is 64.7 Å². The number of nitrogens with zero attached hydrogens (tertiary/aromatic N) is 2. The van der Waals surface area contributed by atoms with Gasteiger partial charge < -0.3 is 14.4 Å². The largest absolute Gasteiger partial charge is 0.497 e. The van der Waals surface area contributed by atoms with Crippen LogP contribution >= 0.6 is 0 Å². The quantitative estimate of drug-likeness (QED) is 0.351. The molecular formula is C31H40F2N2O3. The Balaban J connectivity index is 1.58. The number of ether oxygens (including phenoxy) is 2. The van der Waals surface area contributed by atoms with Crippen molar-refractivity contribution in [1.29, 1.82) is 0 Å². The first kappa shape index (κ1) is 28.1. The first-order valence-corrected chi connectivity index (χ1v) is 13.7. The van der Waals surface area contributed by atoms with E-state index >= 15 is 0 Å². The van der Waals surface area contributed by atoms with Gasteiger partial charge in [-0.05, 0) is 69.3 Å². The lowest BCUT2D eigenvalue weighted by Gasteiger charge is -2.34. The van der Waals surface area contributed by atoms with Gasteiger partial charge in [-0.15, -0.1) is 0 Å². The van der Waals surface area contributed by atoms with Crippen LogP contribution in [0, 0.1) is 17.6 Å². The minimum Gasteiger partial charge on any atom is -0.497 e. The lowest BCUT2D eigenvalue weighted by molar-refractivity contribution is 0.0709. The smallest absolute Gasteiger partial charge is 0.254 e. The summed E-state index contributed by atoms with van der Waals surface area (Å²) in [5.74, 6) is 0.481. The molecule has 0 radical (unpaired) electrons. The van der Waals surface area contributed by atoms with E-state index in [-0.39, 0.29) is 11.9 Å². The van der Waals surface area contributed by atoms with Gasteiger partial charge in [-0.25, -0.2) is 8.78 Å². The molecule has 2 aliphatic rings. The van der Waals surface area contributed by atoms with Gasteiger partial charge in [0.1, 0.15) is 23.1 Å². The van der Waals surface area contributed by atoms with Gasteiger partial charge in [-0.3, -0.25) is 9.69 Å². The van der Waals surface area contributed by atoms with Crippen molar-refractivity contribution >= 4 is 12.0 Å². The number of carbonyl (C=O) groups excluding carboxylic acids is 1. The fraction of sp³-hybridized carbons (Fsp3) is 0.516.